The van der Waals surface area contributed by atoms with E-state index in [9.17, 15) is 4.79 Å². The van der Waals surface area contributed by atoms with Crippen LogP contribution in [0.25, 0.3) is 11.0 Å². The summed E-state index contributed by atoms with van der Waals surface area (Å²) in [6, 6.07) is 11.1. The molecule has 0 saturated heterocycles. The Hall–Kier alpha value is -3.46. The van der Waals surface area contributed by atoms with E-state index in [1.165, 1.54) is 0 Å². The fourth-order valence-corrected chi connectivity index (χ4v) is 3.07. The van der Waals surface area contributed by atoms with Crippen molar-refractivity contribution in [3.05, 3.63) is 53.8 Å². The third-order valence-corrected chi connectivity index (χ3v) is 4.67. The second kappa shape index (κ2) is 8.27. The molecule has 3 aromatic rings. The van der Waals surface area contributed by atoms with Crippen molar-refractivity contribution in [2.45, 2.75) is 13.0 Å². The Labute approximate surface area is 172 Å². The monoisotopic (exact) mass is 413 g/mol. The van der Waals surface area contributed by atoms with Crippen LogP contribution in [-0.4, -0.2) is 24.9 Å². The Kier molecular flexibility index (Phi) is 5.39. The van der Waals surface area contributed by atoms with E-state index in [0.717, 1.165) is 22.3 Å². The van der Waals surface area contributed by atoms with Crippen molar-refractivity contribution in [3.63, 3.8) is 0 Å². The molecule has 0 unspecified atom stereocenters. The van der Waals surface area contributed by atoms with Crippen LogP contribution in [0.2, 0.25) is 0 Å². The molecule has 1 amide bonds. The Morgan fingerprint density at radius 3 is 2.86 bits per heavy atom. The molecule has 3 N–H and O–H groups in total. The normalized spacial score (nSPS) is 11.9. The number of carbonyl (C=O) groups is 1. The van der Waals surface area contributed by atoms with Gasteiger partial charge in [0, 0.05) is 23.6 Å². The lowest BCUT2D eigenvalue weighted by Gasteiger charge is -2.11. The summed E-state index contributed by atoms with van der Waals surface area (Å²) in [5.74, 6) is 1.90. The number of furan rings is 1. The lowest BCUT2D eigenvalue weighted by atomic mass is 10.1. The summed E-state index contributed by atoms with van der Waals surface area (Å²) in [5.41, 5.74) is 7.70. The lowest BCUT2D eigenvalue weighted by molar-refractivity contribution is -0.121. The summed E-state index contributed by atoms with van der Waals surface area (Å²) in [5, 5.41) is 4.19. The standard InChI is InChI=1S/C20H19N3O5S/c1-25-14-3-4-15-13(10-26-17(15)8-14)7-19(24)22-23-20(29)21-9-12-2-5-16-18(6-12)28-11-27-16/h2-6,8,10H,7,9,11H2,1H3,(H,22,24)(H2,21,23,29). The third kappa shape index (κ3) is 4.35. The molecule has 0 saturated carbocycles. The van der Waals surface area contributed by atoms with Crippen LogP contribution in [-0.2, 0) is 17.8 Å². The van der Waals surface area contributed by atoms with Crippen LogP contribution in [0, 0.1) is 0 Å². The molecule has 0 radical (unpaired) electrons. The Balaban J connectivity index is 1.25. The molecular formula is C20H19N3O5S. The van der Waals surface area contributed by atoms with E-state index in [1.54, 1.807) is 19.4 Å². The Bertz CT molecular complexity index is 1070. The van der Waals surface area contributed by atoms with Crippen molar-refractivity contribution < 1.29 is 23.4 Å². The van der Waals surface area contributed by atoms with Gasteiger partial charge in [0.15, 0.2) is 16.6 Å². The number of benzene rings is 2. The number of hydrazine groups is 1. The molecule has 9 heteroatoms. The maximum atomic E-state index is 12.2. The van der Waals surface area contributed by atoms with Gasteiger partial charge in [0.1, 0.15) is 11.3 Å². The van der Waals surface area contributed by atoms with Crippen LogP contribution in [0.5, 0.6) is 17.2 Å². The second-order valence-corrected chi connectivity index (χ2v) is 6.75. The summed E-state index contributed by atoms with van der Waals surface area (Å²) < 4.78 is 21.3. The highest BCUT2D eigenvalue weighted by Gasteiger charge is 2.14. The number of hydrogen-bond donors (Lipinski definition) is 3. The summed E-state index contributed by atoms with van der Waals surface area (Å²) in [4.78, 5) is 12.2. The number of hydrogen-bond acceptors (Lipinski definition) is 6. The molecule has 1 aromatic heterocycles. The molecule has 0 bridgehead atoms. The fraction of sp³-hybridized carbons (Fsp3) is 0.200. The molecule has 2 aromatic carbocycles. The maximum Gasteiger partial charge on any atom is 0.242 e. The highest BCUT2D eigenvalue weighted by Crippen LogP contribution is 2.32. The molecule has 0 spiro atoms. The molecule has 4 rings (SSSR count). The van der Waals surface area contributed by atoms with Gasteiger partial charge in [-0.1, -0.05) is 6.07 Å². The van der Waals surface area contributed by atoms with Gasteiger partial charge in [0.05, 0.1) is 19.8 Å². The number of fused-ring (bicyclic) bond motifs is 2. The number of nitrogens with one attached hydrogen (secondary N) is 3. The quantitative estimate of drug-likeness (QED) is 0.434. The summed E-state index contributed by atoms with van der Waals surface area (Å²) in [6.45, 7) is 0.713. The lowest BCUT2D eigenvalue weighted by Crippen LogP contribution is -2.47. The molecule has 0 atom stereocenters. The third-order valence-electron chi connectivity index (χ3n) is 4.42. The van der Waals surface area contributed by atoms with E-state index in [2.05, 4.69) is 16.2 Å². The van der Waals surface area contributed by atoms with Gasteiger partial charge in [-0.25, -0.2) is 0 Å². The second-order valence-electron chi connectivity index (χ2n) is 6.34. The number of thiocarbonyl (C=S) groups is 1. The molecule has 1 aliphatic heterocycles. The molecule has 150 valence electrons. The van der Waals surface area contributed by atoms with Crippen LogP contribution >= 0.6 is 12.2 Å². The van der Waals surface area contributed by atoms with Crippen molar-refractivity contribution in [1.29, 1.82) is 0 Å². The van der Waals surface area contributed by atoms with E-state index >= 15 is 0 Å². The first-order chi connectivity index (χ1) is 14.1. The highest BCUT2D eigenvalue weighted by atomic mass is 32.1. The minimum absolute atomic E-state index is 0.150. The predicted molar refractivity (Wildman–Crippen MR) is 110 cm³/mol. The number of amides is 1. The van der Waals surface area contributed by atoms with Crippen LogP contribution in [0.4, 0.5) is 0 Å². The first-order valence-electron chi connectivity index (χ1n) is 8.88. The summed E-state index contributed by atoms with van der Waals surface area (Å²) in [7, 11) is 1.59. The number of rotatable bonds is 5. The fourth-order valence-electron chi connectivity index (χ4n) is 2.95. The van der Waals surface area contributed by atoms with Gasteiger partial charge in [-0.3, -0.25) is 15.6 Å². The molecule has 0 aliphatic carbocycles. The summed E-state index contributed by atoms with van der Waals surface area (Å²) >= 11 is 5.20. The molecule has 0 fully saturated rings. The number of ether oxygens (including phenoxy) is 3. The van der Waals surface area contributed by atoms with Crippen LogP contribution in [0.3, 0.4) is 0 Å². The zero-order valence-corrected chi connectivity index (χ0v) is 16.4. The average Bonchev–Trinajstić information content (AvgIpc) is 3.36. The highest BCUT2D eigenvalue weighted by molar-refractivity contribution is 7.80. The molecule has 1 aliphatic rings. The smallest absolute Gasteiger partial charge is 0.242 e. The van der Waals surface area contributed by atoms with Crippen molar-refractivity contribution in [3.8, 4) is 17.2 Å². The van der Waals surface area contributed by atoms with Crippen molar-refractivity contribution >= 4 is 34.2 Å². The predicted octanol–water partition coefficient (Wildman–Crippen LogP) is 2.41. The topological polar surface area (TPSA) is 94.0 Å². The Morgan fingerprint density at radius 2 is 2.00 bits per heavy atom. The first-order valence-corrected chi connectivity index (χ1v) is 9.28. The maximum absolute atomic E-state index is 12.2. The van der Waals surface area contributed by atoms with Crippen molar-refractivity contribution in [2.75, 3.05) is 13.9 Å². The molecular weight excluding hydrogens is 394 g/mol. The number of methoxy groups -OCH3 is 1. The number of carbonyl (C=O) groups excluding carboxylic acids is 1. The van der Waals surface area contributed by atoms with Gasteiger partial charge in [-0.05, 0) is 42.0 Å². The molecule has 2 heterocycles. The van der Waals surface area contributed by atoms with E-state index in [4.69, 9.17) is 30.8 Å². The van der Waals surface area contributed by atoms with Gasteiger partial charge < -0.3 is 23.9 Å². The van der Waals surface area contributed by atoms with Crippen LogP contribution in [0.15, 0.2) is 47.1 Å². The van der Waals surface area contributed by atoms with Gasteiger partial charge in [0.2, 0.25) is 12.7 Å². The van der Waals surface area contributed by atoms with E-state index in [-0.39, 0.29) is 19.1 Å². The minimum atomic E-state index is -0.240. The average molecular weight is 413 g/mol. The van der Waals surface area contributed by atoms with Crippen LogP contribution in [0.1, 0.15) is 11.1 Å². The zero-order chi connectivity index (χ0) is 20.2. The Morgan fingerprint density at radius 1 is 1.14 bits per heavy atom. The molecule has 8 nitrogen and oxygen atoms in total. The minimum Gasteiger partial charge on any atom is -0.497 e. The molecule has 29 heavy (non-hydrogen) atoms. The van der Waals surface area contributed by atoms with Gasteiger partial charge in [-0.15, -0.1) is 0 Å². The van der Waals surface area contributed by atoms with Gasteiger partial charge in [0.25, 0.3) is 0 Å². The van der Waals surface area contributed by atoms with Gasteiger partial charge >= 0.3 is 0 Å². The van der Waals surface area contributed by atoms with E-state index in [0.29, 0.717) is 28.7 Å². The SMILES string of the molecule is COc1ccc2c(CC(=O)NNC(=S)NCc3ccc4c(c3)OCO4)coc2c1. The van der Waals surface area contributed by atoms with E-state index in [1.807, 2.05) is 30.3 Å². The van der Waals surface area contributed by atoms with Crippen LogP contribution < -0.4 is 30.4 Å². The van der Waals surface area contributed by atoms with E-state index < -0.39 is 0 Å². The summed E-state index contributed by atoms with van der Waals surface area (Å²) in [6.07, 6.45) is 1.72. The zero-order valence-electron chi connectivity index (χ0n) is 15.6. The van der Waals surface area contributed by atoms with Crippen molar-refractivity contribution in [2.24, 2.45) is 0 Å². The van der Waals surface area contributed by atoms with Crippen molar-refractivity contribution in [1.82, 2.24) is 16.2 Å². The first kappa shape index (κ1) is 18.9. The largest absolute Gasteiger partial charge is 0.497 e. The van der Waals surface area contributed by atoms with Gasteiger partial charge in [-0.2, -0.15) is 0 Å².